The second-order valence-electron chi connectivity index (χ2n) is 4.67. The summed E-state index contributed by atoms with van der Waals surface area (Å²) in [6.45, 7) is 1.61. The first-order valence-corrected chi connectivity index (χ1v) is 6.83. The van der Waals surface area contributed by atoms with E-state index in [1.54, 1.807) is 12.3 Å². The molecule has 1 saturated heterocycles. The van der Waals surface area contributed by atoms with Crippen LogP contribution < -0.4 is 11.1 Å². The molecule has 0 aromatic carbocycles. The smallest absolute Gasteiger partial charge is 0.252 e. The van der Waals surface area contributed by atoms with Gasteiger partial charge in [-0.15, -0.1) is 0 Å². The molecule has 5 nitrogen and oxygen atoms in total. The van der Waals surface area contributed by atoms with Gasteiger partial charge in [0.2, 0.25) is 0 Å². The maximum absolute atomic E-state index is 12.0. The van der Waals surface area contributed by atoms with Gasteiger partial charge in [0.1, 0.15) is 0 Å². The second kappa shape index (κ2) is 7.63. The number of carbonyl (C=O) groups excluding carboxylic acids is 1. The molecule has 0 aliphatic carbocycles. The van der Waals surface area contributed by atoms with Crippen molar-refractivity contribution in [3.63, 3.8) is 0 Å². The molecule has 0 saturated carbocycles. The van der Waals surface area contributed by atoms with Crippen LogP contribution in [-0.4, -0.2) is 36.7 Å². The number of hydrogen-bond acceptors (Lipinski definition) is 4. The van der Waals surface area contributed by atoms with Crippen LogP contribution in [0.15, 0.2) is 18.5 Å². The summed E-state index contributed by atoms with van der Waals surface area (Å²) >= 11 is 0. The number of amides is 1. The van der Waals surface area contributed by atoms with E-state index in [2.05, 4.69) is 22.1 Å². The molecule has 0 spiro atoms. The summed E-state index contributed by atoms with van der Waals surface area (Å²) in [6, 6.07) is 1.72. The lowest BCUT2D eigenvalue weighted by Gasteiger charge is -2.22. The van der Waals surface area contributed by atoms with Gasteiger partial charge in [0.25, 0.3) is 5.91 Å². The van der Waals surface area contributed by atoms with Gasteiger partial charge < -0.3 is 15.8 Å². The van der Waals surface area contributed by atoms with Gasteiger partial charge in [-0.1, -0.05) is 11.8 Å². The topological polar surface area (TPSA) is 77.2 Å². The highest BCUT2D eigenvalue weighted by Crippen LogP contribution is 2.11. The molecule has 3 N–H and O–H groups in total. The van der Waals surface area contributed by atoms with E-state index in [0.717, 1.165) is 25.9 Å². The van der Waals surface area contributed by atoms with Crippen LogP contribution in [0.5, 0.6) is 0 Å². The van der Waals surface area contributed by atoms with Crippen LogP contribution in [0, 0.1) is 11.8 Å². The fourth-order valence-electron chi connectivity index (χ4n) is 2.06. The third-order valence-corrected chi connectivity index (χ3v) is 3.10. The standard InChI is InChI=1S/C15H19N3O2/c16-6-3-4-12-8-13(10-17-9-12)15(19)18-11-14-5-1-2-7-20-14/h8-10,14H,1-2,5-7,11,16H2,(H,18,19). The van der Waals surface area contributed by atoms with Crippen molar-refractivity contribution in [2.24, 2.45) is 5.73 Å². The van der Waals surface area contributed by atoms with E-state index in [1.165, 1.54) is 6.20 Å². The van der Waals surface area contributed by atoms with Crippen LogP contribution in [0.1, 0.15) is 35.2 Å². The summed E-state index contributed by atoms with van der Waals surface area (Å²) in [5.41, 5.74) is 6.51. The van der Waals surface area contributed by atoms with E-state index in [0.29, 0.717) is 17.7 Å². The van der Waals surface area contributed by atoms with E-state index in [-0.39, 0.29) is 18.6 Å². The third-order valence-electron chi connectivity index (χ3n) is 3.10. The van der Waals surface area contributed by atoms with Gasteiger partial charge in [-0.2, -0.15) is 0 Å². The van der Waals surface area contributed by atoms with Gasteiger partial charge in [-0.3, -0.25) is 9.78 Å². The van der Waals surface area contributed by atoms with E-state index in [9.17, 15) is 4.79 Å². The Morgan fingerprint density at radius 2 is 2.40 bits per heavy atom. The van der Waals surface area contributed by atoms with Gasteiger partial charge in [0, 0.05) is 31.1 Å². The van der Waals surface area contributed by atoms with Gasteiger partial charge in [0.15, 0.2) is 0 Å². The van der Waals surface area contributed by atoms with Crippen molar-refractivity contribution in [3.8, 4) is 11.8 Å². The number of hydrogen-bond donors (Lipinski definition) is 2. The number of aromatic nitrogens is 1. The molecule has 1 aliphatic rings. The lowest BCUT2D eigenvalue weighted by atomic mass is 10.1. The van der Waals surface area contributed by atoms with Crippen LogP contribution in [0.2, 0.25) is 0 Å². The van der Waals surface area contributed by atoms with Crippen molar-refractivity contribution in [2.75, 3.05) is 19.7 Å². The largest absolute Gasteiger partial charge is 0.376 e. The first-order chi connectivity index (χ1) is 9.79. The fraction of sp³-hybridized carbons (Fsp3) is 0.467. The Morgan fingerprint density at radius 3 is 3.15 bits per heavy atom. The van der Waals surface area contributed by atoms with Crippen LogP contribution in [0.4, 0.5) is 0 Å². The SMILES string of the molecule is NCC#Cc1cncc(C(=O)NCC2CCCCO2)c1. The van der Waals surface area contributed by atoms with E-state index >= 15 is 0 Å². The number of nitrogens with one attached hydrogen (secondary N) is 1. The Bertz CT molecular complexity index is 513. The summed E-state index contributed by atoms with van der Waals surface area (Å²) < 4.78 is 5.57. The molecule has 2 rings (SSSR count). The minimum absolute atomic E-state index is 0.126. The summed E-state index contributed by atoms with van der Waals surface area (Å²) in [5, 5.41) is 2.88. The molecule has 1 atom stereocenters. The Labute approximate surface area is 118 Å². The van der Waals surface area contributed by atoms with Crippen molar-refractivity contribution in [2.45, 2.75) is 25.4 Å². The van der Waals surface area contributed by atoms with Crippen LogP contribution in [0.25, 0.3) is 0 Å². The Kier molecular flexibility index (Phi) is 5.54. The summed E-state index contributed by atoms with van der Waals surface area (Å²) in [4.78, 5) is 16.1. The number of rotatable bonds is 3. The minimum atomic E-state index is -0.150. The lowest BCUT2D eigenvalue weighted by molar-refractivity contribution is 0.0169. The highest BCUT2D eigenvalue weighted by molar-refractivity contribution is 5.94. The molecule has 106 valence electrons. The van der Waals surface area contributed by atoms with E-state index in [4.69, 9.17) is 10.5 Å². The molecule has 1 amide bonds. The fourth-order valence-corrected chi connectivity index (χ4v) is 2.06. The molecule has 5 heteroatoms. The van der Waals surface area contributed by atoms with E-state index in [1.807, 2.05) is 0 Å². The van der Waals surface area contributed by atoms with Gasteiger partial charge >= 0.3 is 0 Å². The monoisotopic (exact) mass is 273 g/mol. The van der Waals surface area contributed by atoms with Gasteiger partial charge in [0.05, 0.1) is 18.2 Å². The second-order valence-corrected chi connectivity index (χ2v) is 4.67. The van der Waals surface area contributed by atoms with Gasteiger partial charge in [-0.25, -0.2) is 0 Å². The number of ether oxygens (including phenoxy) is 1. The number of nitrogens with two attached hydrogens (primary N) is 1. The Hall–Kier alpha value is -1.90. The average Bonchev–Trinajstić information content (AvgIpc) is 2.52. The predicted molar refractivity (Wildman–Crippen MR) is 76.1 cm³/mol. The number of carbonyl (C=O) groups is 1. The Balaban J connectivity index is 1.91. The first-order valence-electron chi connectivity index (χ1n) is 6.83. The molecule has 1 fully saturated rings. The zero-order valence-electron chi connectivity index (χ0n) is 11.4. The van der Waals surface area contributed by atoms with E-state index < -0.39 is 0 Å². The van der Waals surface area contributed by atoms with Crippen molar-refractivity contribution < 1.29 is 9.53 Å². The maximum atomic E-state index is 12.0. The summed E-state index contributed by atoms with van der Waals surface area (Å²) in [7, 11) is 0. The highest BCUT2D eigenvalue weighted by atomic mass is 16.5. The van der Waals surface area contributed by atoms with Crippen molar-refractivity contribution in [3.05, 3.63) is 29.6 Å². The maximum Gasteiger partial charge on any atom is 0.252 e. The number of pyridine rings is 1. The molecule has 20 heavy (non-hydrogen) atoms. The average molecular weight is 273 g/mol. The minimum Gasteiger partial charge on any atom is -0.376 e. The van der Waals surface area contributed by atoms with Crippen LogP contribution >= 0.6 is 0 Å². The lowest BCUT2D eigenvalue weighted by Crippen LogP contribution is -2.35. The first kappa shape index (κ1) is 14.5. The Morgan fingerprint density at radius 1 is 1.50 bits per heavy atom. The molecule has 1 aliphatic heterocycles. The number of nitrogens with zero attached hydrogens (tertiary/aromatic N) is 1. The van der Waals surface area contributed by atoms with Gasteiger partial charge in [-0.05, 0) is 25.3 Å². The van der Waals surface area contributed by atoms with Crippen LogP contribution in [-0.2, 0) is 4.74 Å². The molecule has 1 aromatic heterocycles. The molecule has 1 aromatic rings. The zero-order chi connectivity index (χ0) is 14.2. The molecule has 0 bridgehead atoms. The predicted octanol–water partition coefficient (Wildman–Crippen LogP) is 0.691. The molecular formula is C15H19N3O2. The van der Waals surface area contributed by atoms with Crippen molar-refractivity contribution in [1.29, 1.82) is 0 Å². The normalized spacial score (nSPS) is 17.9. The summed E-state index contributed by atoms with van der Waals surface area (Å²) in [6.07, 6.45) is 6.54. The van der Waals surface area contributed by atoms with Crippen LogP contribution in [0.3, 0.4) is 0 Å². The van der Waals surface area contributed by atoms with Crippen molar-refractivity contribution >= 4 is 5.91 Å². The molecule has 2 heterocycles. The molecule has 0 radical (unpaired) electrons. The molecular weight excluding hydrogens is 254 g/mol. The third kappa shape index (κ3) is 4.34. The quantitative estimate of drug-likeness (QED) is 0.794. The zero-order valence-corrected chi connectivity index (χ0v) is 11.4. The highest BCUT2D eigenvalue weighted by Gasteiger charge is 2.15. The summed E-state index contributed by atoms with van der Waals surface area (Å²) in [5.74, 6) is 5.45. The molecule has 1 unspecified atom stereocenters. The van der Waals surface area contributed by atoms with Crippen molar-refractivity contribution in [1.82, 2.24) is 10.3 Å².